The Morgan fingerprint density at radius 2 is 1.61 bits per heavy atom. The van der Waals surface area contributed by atoms with Gasteiger partial charge in [-0.25, -0.2) is 4.79 Å². The average Bonchev–Trinajstić information content (AvgIpc) is 2.46. The molecule has 0 aliphatic heterocycles. The second-order valence-electron chi connectivity index (χ2n) is 4.84. The molecule has 0 aromatic rings. The van der Waals surface area contributed by atoms with Crippen molar-refractivity contribution < 1.29 is 34.5 Å². The molecule has 132 valence electrons. The fourth-order valence-corrected chi connectivity index (χ4v) is 1.73. The van der Waals surface area contributed by atoms with Gasteiger partial charge in [0, 0.05) is 12.2 Å². The SMILES string of the molecule is C[C@@H](O)[C@H](N)C(=O)N[C@@H](CCC(=O)O)C(=O)N[C@@H](CS)C(=O)O. The van der Waals surface area contributed by atoms with Crippen molar-refractivity contribution >= 4 is 36.4 Å². The minimum atomic E-state index is -1.32. The number of hydrogen-bond donors (Lipinski definition) is 7. The van der Waals surface area contributed by atoms with Gasteiger partial charge in [0.05, 0.1) is 6.10 Å². The Kier molecular flexibility index (Phi) is 9.22. The zero-order valence-corrected chi connectivity index (χ0v) is 13.3. The van der Waals surface area contributed by atoms with E-state index in [-0.39, 0.29) is 12.2 Å². The summed E-state index contributed by atoms with van der Waals surface area (Å²) in [6.45, 7) is 1.28. The van der Waals surface area contributed by atoms with Crippen LogP contribution in [0.1, 0.15) is 19.8 Å². The quantitative estimate of drug-likeness (QED) is 0.212. The van der Waals surface area contributed by atoms with E-state index < -0.39 is 54.4 Å². The van der Waals surface area contributed by atoms with Gasteiger partial charge in [-0.3, -0.25) is 14.4 Å². The van der Waals surface area contributed by atoms with Crippen molar-refractivity contribution in [3.05, 3.63) is 0 Å². The Balaban J connectivity index is 4.98. The Bertz CT molecular complexity index is 458. The first-order valence-electron chi connectivity index (χ1n) is 6.70. The molecule has 4 atom stereocenters. The van der Waals surface area contributed by atoms with Crippen molar-refractivity contribution in [1.82, 2.24) is 10.6 Å². The van der Waals surface area contributed by atoms with Gasteiger partial charge in [0.2, 0.25) is 11.8 Å². The number of nitrogens with two attached hydrogens (primary N) is 1. The third kappa shape index (κ3) is 7.81. The molecule has 10 nitrogen and oxygen atoms in total. The van der Waals surface area contributed by atoms with Gasteiger partial charge in [-0.1, -0.05) is 0 Å². The number of hydrogen-bond acceptors (Lipinski definition) is 7. The van der Waals surface area contributed by atoms with Crippen LogP contribution in [0, 0.1) is 0 Å². The summed E-state index contributed by atoms with van der Waals surface area (Å²) < 4.78 is 0. The van der Waals surface area contributed by atoms with E-state index in [9.17, 15) is 24.3 Å². The van der Waals surface area contributed by atoms with Crippen LogP contribution in [0.15, 0.2) is 0 Å². The lowest BCUT2D eigenvalue weighted by Crippen LogP contribution is -2.56. The zero-order chi connectivity index (χ0) is 18.2. The first-order valence-corrected chi connectivity index (χ1v) is 7.33. The summed E-state index contributed by atoms with van der Waals surface area (Å²) in [5.41, 5.74) is 5.42. The minimum absolute atomic E-state index is 0.187. The molecule has 0 rings (SSSR count). The molecular weight excluding hydrogens is 330 g/mol. The Morgan fingerprint density at radius 3 is 2.00 bits per heavy atom. The number of aliphatic carboxylic acids is 2. The van der Waals surface area contributed by atoms with Gasteiger partial charge in [-0.05, 0) is 13.3 Å². The number of carboxylic acid groups (broad SMARTS) is 2. The molecule has 0 saturated heterocycles. The number of nitrogens with one attached hydrogen (secondary N) is 2. The third-order valence-corrected chi connectivity index (χ3v) is 3.26. The highest BCUT2D eigenvalue weighted by Crippen LogP contribution is 2.02. The molecule has 0 aliphatic carbocycles. The first kappa shape index (κ1) is 21.1. The molecular formula is C12H21N3O7S. The maximum Gasteiger partial charge on any atom is 0.327 e. The Hall–Kier alpha value is -1.85. The van der Waals surface area contributed by atoms with Crippen LogP contribution in [0.2, 0.25) is 0 Å². The standard InChI is InChI=1S/C12H21N3O7S/c1-5(16)9(13)11(20)14-6(2-3-8(17)18)10(19)15-7(4-23)12(21)22/h5-7,9,16,23H,2-4,13H2,1H3,(H,14,20)(H,15,19)(H,17,18)(H,21,22)/t5-,6+,7+,9+/m1/s1. The maximum absolute atomic E-state index is 12.0. The number of aliphatic hydroxyl groups is 1. The van der Waals surface area contributed by atoms with E-state index in [0.717, 1.165) is 0 Å². The second-order valence-corrected chi connectivity index (χ2v) is 5.21. The van der Waals surface area contributed by atoms with Gasteiger partial charge in [0.1, 0.15) is 18.1 Å². The van der Waals surface area contributed by atoms with Crippen molar-refractivity contribution in [2.24, 2.45) is 5.73 Å². The maximum atomic E-state index is 12.0. The summed E-state index contributed by atoms with van der Waals surface area (Å²) in [5.74, 6) is -4.44. The fraction of sp³-hybridized carbons (Fsp3) is 0.667. The number of rotatable bonds is 10. The van der Waals surface area contributed by atoms with E-state index in [4.69, 9.17) is 15.9 Å². The molecule has 7 N–H and O–H groups in total. The van der Waals surface area contributed by atoms with E-state index in [2.05, 4.69) is 23.3 Å². The Morgan fingerprint density at radius 1 is 1.09 bits per heavy atom. The van der Waals surface area contributed by atoms with Gasteiger partial charge in [0.25, 0.3) is 0 Å². The third-order valence-electron chi connectivity index (χ3n) is 2.90. The highest BCUT2D eigenvalue weighted by molar-refractivity contribution is 7.80. The summed E-state index contributed by atoms with van der Waals surface area (Å²) in [5, 5.41) is 31.1. The van der Waals surface area contributed by atoms with E-state index >= 15 is 0 Å². The van der Waals surface area contributed by atoms with Crippen LogP contribution < -0.4 is 16.4 Å². The van der Waals surface area contributed by atoms with Crippen LogP contribution in [0.25, 0.3) is 0 Å². The lowest BCUT2D eigenvalue weighted by molar-refractivity contribution is -0.142. The predicted molar refractivity (Wildman–Crippen MR) is 81.9 cm³/mol. The summed E-state index contributed by atoms with van der Waals surface area (Å²) >= 11 is 3.78. The summed E-state index contributed by atoms with van der Waals surface area (Å²) in [7, 11) is 0. The highest BCUT2D eigenvalue weighted by atomic mass is 32.1. The molecule has 0 aromatic heterocycles. The van der Waals surface area contributed by atoms with Crippen LogP contribution in [0.4, 0.5) is 0 Å². The largest absolute Gasteiger partial charge is 0.481 e. The zero-order valence-electron chi connectivity index (χ0n) is 12.4. The van der Waals surface area contributed by atoms with E-state index in [1.807, 2.05) is 0 Å². The molecule has 0 unspecified atom stereocenters. The molecule has 0 aliphatic rings. The van der Waals surface area contributed by atoms with Gasteiger partial charge < -0.3 is 31.7 Å². The second kappa shape index (κ2) is 10.0. The molecule has 0 spiro atoms. The van der Waals surface area contributed by atoms with Crippen LogP contribution in [-0.4, -0.2) is 69.1 Å². The lowest BCUT2D eigenvalue weighted by Gasteiger charge is -2.22. The molecule has 0 saturated carbocycles. The van der Waals surface area contributed by atoms with Crippen LogP contribution in [0.3, 0.4) is 0 Å². The molecule has 0 radical (unpaired) electrons. The number of amides is 2. The molecule has 0 fully saturated rings. The van der Waals surface area contributed by atoms with Gasteiger partial charge in [-0.15, -0.1) is 0 Å². The molecule has 2 amide bonds. The highest BCUT2D eigenvalue weighted by Gasteiger charge is 2.28. The molecule has 0 bridgehead atoms. The van der Waals surface area contributed by atoms with Crippen molar-refractivity contribution in [1.29, 1.82) is 0 Å². The van der Waals surface area contributed by atoms with Crippen molar-refractivity contribution in [2.45, 2.75) is 44.0 Å². The monoisotopic (exact) mass is 351 g/mol. The molecule has 11 heteroatoms. The van der Waals surface area contributed by atoms with Crippen LogP contribution in [0.5, 0.6) is 0 Å². The predicted octanol–water partition coefficient (Wildman–Crippen LogP) is -2.46. The number of carboxylic acids is 2. The van der Waals surface area contributed by atoms with Gasteiger partial charge in [0.15, 0.2) is 0 Å². The molecule has 0 aromatic carbocycles. The minimum Gasteiger partial charge on any atom is -0.481 e. The van der Waals surface area contributed by atoms with E-state index in [1.54, 1.807) is 0 Å². The normalized spacial score (nSPS) is 15.8. The number of aliphatic hydroxyl groups excluding tert-OH is 1. The van der Waals surface area contributed by atoms with Crippen LogP contribution in [-0.2, 0) is 19.2 Å². The molecule has 0 heterocycles. The molecule has 23 heavy (non-hydrogen) atoms. The summed E-state index contributed by atoms with van der Waals surface area (Å²) in [6.07, 6.45) is -1.87. The fourth-order valence-electron chi connectivity index (χ4n) is 1.48. The Labute approximate surface area is 137 Å². The van der Waals surface area contributed by atoms with Gasteiger partial charge in [-0.2, -0.15) is 12.6 Å². The van der Waals surface area contributed by atoms with E-state index in [1.165, 1.54) is 6.92 Å². The van der Waals surface area contributed by atoms with Crippen molar-refractivity contribution in [3.8, 4) is 0 Å². The number of carbonyl (C=O) groups excluding carboxylic acids is 2. The number of carbonyl (C=O) groups is 4. The van der Waals surface area contributed by atoms with Gasteiger partial charge >= 0.3 is 11.9 Å². The van der Waals surface area contributed by atoms with Crippen molar-refractivity contribution in [2.75, 3.05) is 5.75 Å². The average molecular weight is 351 g/mol. The number of thiol groups is 1. The first-order chi connectivity index (χ1) is 10.6. The topological polar surface area (TPSA) is 179 Å². The summed E-state index contributed by atoms with van der Waals surface area (Å²) in [6, 6.07) is -3.90. The summed E-state index contributed by atoms with van der Waals surface area (Å²) in [4.78, 5) is 45.3. The van der Waals surface area contributed by atoms with Crippen LogP contribution >= 0.6 is 12.6 Å². The van der Waals surface area contributed by atoms with Crippen molar-refractivity contribution in [3.63, 3.8) is 0 Å². The smallest absolute Gasteiger partial charge is 0.327 e. The lowest BCUT2D eigenvalue weighted by atomic mass is 10.1. The van der Waals surface area contributed by atoms with E-state index in [0.29, 0.717) is 0 Å².